The summed E-state index contributed by atoms with van der Waals surface area (Å²) in [4.78, 5) is 12.0. The minimum absolute atomic E-state index is 0.328. The van der Waals surface area contributed by atoms with E-state index < -0.39 is 0 Å². The molecule has 3 nitrogen and oxygen atoms in total. The van der Waals surface area contributed by atoms with Crippen LogP contribution in [0.25, 0.3) is 10.1 Å². The van der Waals surface area contributed by atoms with E-state index in [4.69, 9.17) is 4.74 Å². The predicted molar refractivity (Wildman–Crippen MR) is 85.8 cm³/mol. The van der Waals surface area contributed by atoms with Gasteiger partial charge in [-0.25, -0.2) is 4.79 Å². The fraction of sp³-hybridized carbons (Fsp3) is 0.0833. The number of hydrogen-bond acceptors (Lipinski definition) is 5. The van der Waals surface area contributed by atoms with Gasteiger partial charge in [0.25, 0.3) is 0 Å². The van der Waals surface area contributed by atoms with E-state index in [1.807, 2.05) is 29.6 Å². The normalized spacial score (nSPS) is 10.3. The highest BCUT2D eigenvalue weighted by Gasteiger charge is 2.16. The number of fused-ring (bicyclic) bond motifs is 1. The molecule has 2 rings (SSSR count). The molecule has 1 heterocycles. The van der Waals surface area contributed by atoms with Crippen molar-refractivity contribution in [2.45, 2.75) is 0 Å². The van der Waals surface area contributed by atoms with Crippen molar-refractivity contribution < 1.29 is 9.53 Å². The van der Waals surface area contributed by atoms with E-state index in [-0.39, 0.29) is 5.97 Å². The highest BCUT2D eigenvalue weighted by atomic mass is 127. The van der Waals surface area contributed by atoms with Gasteiger partial charge in [-0.15, -0.1) is 11.3 Å². The molecule has 0 spiro atoms. The van der Waals surface area contributed by atoms with E-state index in [1.165, 1.54) is 20.5 Å². The zero-order valence-corrected chi connectivity index (χ0v) is 13.3. The molecule has 1 aromatic heterocycles. The number of esters is 1. The number of benzene rings is 1. The van der Waals surface area contributed by atoms with E-state index in [0.717, 1.165) is 10.1 Å². The molecule has 0 aliphatic heterocycles. The topological polar surface area (TPSA) is 29.5 Å². The van der Waals surface area contributed by atoms with Crippen molar-refractivity contribution >= 4 is 57.7 Å². The minimum Gasteiger partial charge on any atom is -0.406 e. The molecule has 0 aliphatic rings. The second-order valence-electron chi connectivity index (χ2n) is 3.50. The summed E-state index contributed by atoms with van der Waals surface area (Å²) >= 11 is 3.63. The Bertz CT molecular complexity index is 597. The first-order chi connectivity index (χ1) is 8.63. The molecule has 0 saturated carbocycles. The summed E-state index contributed by atoms with van der Waals surface area (Å²) in [6.07, 6.45) is 0. The Labute approximate surface area is 126 Å². The molecule has 0 unspecified atom stereocenters. The molecule has 0 amide bonds. The number of thiophene rings is 1. The van der Waals surface area contributed by atoms with Gasteiger partial charge < -0.3 is 4.74 Å². The number of carbonyl (C=O) groups is 1. The van der Waals surface area contributed by atoms with Gasteiger partial charge in [0.05, 0.1) is 5.56 Å². The van der Waals surface area contributed by atoms with Crippen LogP contribution in [0.5, 0.6) is 0 Å². The summed E-state index contributed by atoms with van der Waals surface area (Å²) in [7, 11) is 3.20. The summed E-state index contributed by atoms with van der Waals surface area (Å²) < 4.78 is 7.99. The van der Waals surface area contributed by atoms with Crippen LogP contribution < -0.4 is 0 Å². The number of hydrogen-bond donors (Lipinski definition) is 0. The van der Waals surface area contributed by atoms with Crippen LogP contribution in [0, 0.1) is 0 Å². The van der Waals surface area contributed by atoms with Crippen molar-refractivity contribution in [3.8, 4) is 0 Å². The third-order valence-electron chi connectivity index (χ3n) is 2.37. The minimum atomic E-state index is -0.366. The highest BCUT2D eigenvalue weighted by Crippen LogP contribution is 2.27. The van der Waals surface area contributed by atoms with Crippen molar-refractivity contribution in [3.05, 3.63) is 47.7 Å². The van der Waals surface area contributed by atoms with Gasteiger partial charge in [-0.1, -0.05) is 18.2 Å². The lowest BCUT2D eigenvalue weighted by atomic mass is 10.2. The van der Waals surface area contributed by atoms with E-state index in [2.05, 4.69) is 27.8 Å². The molecule has 0 atom stereocenters. The van der Waals surface area contributed by atoms with Gasteiger partial charge in [0.2, 0.25) is 5.88 Å². The van der Waals surface area contributed by atoms with Crippen molar-refractivity contribution in [1.29, 1.82) is 0 Å². The fourth-order valence-corrected chi connectivity index (χ4v) is 3.10. The van der Waals surface area contributed by atoms with Crippen LogP contribution in [0.1, 0.15) is 10.4 Å². The van der Waals surface area contributed by atoms with Crippen LogP contribution in [0.3, 0.4) is 0 Å². The Kier molecular flexibility index (Phi) is 4.52. The molecular formula is C12H10INO2S2. The zero-order valence-electron chi connectivity index (χ0n) is 9.55. The van der Waals surface area contributed by atoms with Gasteiger partial charge in [0.15, 0.2) is 0 Å². The van der Waals surface area contributed by atoms with Crippen LogP contribution in [0.15, 0.2) is 42.1 Å². The van der Waals surface area contributed by atoms with Gasteiger partial charge in [-0.3, -0.25) is 4.31 Å². The van der Waals surface area contributed by atoms with Crippen LogP contribution in [-0.4, -0.2) is 17.3 Å². The van der Waals surface area contributed by atoms with E-state index in [9.17, 15) is 4.79 Å². The van der Waals surface area contributed by atoms with Gasteiger partial charge in [0, 0.05) is 52.8 Å². The molecule has 0 radical (unpaired) electrons. The average Bonchev–Trinajstić information content (AvgIpc) is 2.81. The lowest BCUT2D eigenvalue weighted by Crippen LogP contribution is -2.13. The number of halogens is 1. The summed E-state index contributed by atoms with van der Waals surface area (Å²) in [5.74, 6) is -0.0376. The first-order valence-electron chi connectivity index (χ1n) is 5.03. The smallest absolute Gasteiger partial charge is 0.346 e. The summed E-state index contributed by atoms with van der Waals surface area (Å²) in [6, 6.07) is 7.77. The number of carbonyl (C=O) groups excluding carboxylic acids is 1. The summed E-state index contributed by atoms with van der Waals surface area (Å²) in [5, 5.41) is 2.74. The van der Waals surface area contributed by atoms with Crippen molar-refractivity contribution in [1.82, 2.24) is 4.31 Å². The molecular weight excluding hydrogens is 381 g/mol. The van der Waals surface area contributed by atoms with Gasteiger partial charge in [0.1, 0.15) is 0 Å². The maximum Gasteiger partial charge on any atom is 0.346 e. The molecule has 0 N–H and O–H groups in total. The third kappa shape index (κ3) is 2.81. The Balaban J connectivity index is 2.22. The SMILES string of the molecule is C=C(OC(=O)c1csc2ccccc12)N(C)SI. The van der Waals surface area contributed by atoms with Gasteiger partial charge in [-0.2, -0.15) is 0 Å². The first-order valence-corrected chi connectivity index (χ1v) is 9.23. The van der Waals surface area contributed by atoms with Gasteiger partial charge in [-0.05, 0) is 12.6 Å². The highest BCUT2D eigenvalue weighted by molar-refractivity contribution is 14.2. The Hall–Kier alpha value is -0.730. The maximum absolute atomic E-state index is 12.0. The monoisotopic (exact) mass is 391 g/mol. The molecule has 1 aromatic carbocycles. The van der Waals surface area contributed by atoms with E-state index in [1.54, 1.807) is 11.4 Å². The molecule has 0 saturated heterocycles. The fourth-order valence-electron chi connectivity index (χ4n) is 1.40. The maximum atomic E-state index is 12.0. The third-order valence-corrected chi connectivity index (χ3v) is 5.51. The van der Waals surface area contributed by atoms with Crippen LogP contribution in [-0.2, 0) is 4.74 Å². The zero-order chi connectivity index (χ0) is 13.1. The van der Waals surface area contributed by atoms with Gasteiger partial charge >= 0.3 is 5.97 Å². The number of ether oxygens (including phenoxy) is 1. The number of nitrogens with zero attached hydrogens (tertiary/aromatic N) is 1. The van der Waals surface area contributed by atoms with Crippen LogP contribution in [0.2, 0.25) is 0 Å². The lowest BCUT2D eigenvalue weighted by Gasteiger charge is -2.15. The van der Waals surface area contributed by atoms with E-state index >= 15 is 0 Å². The second kappa shape index (κ2) is 5.94. The van der Waals surface area contributed by atoms with Crippen molar-refractivity contribution in [2.24, 2.45) is 0 Å². The lowest BCUT2D eigenvalue weighted by molar-refractivity contribution is 0.0579. The summed E-state index contributed by atoms with van der Waals surface area (Å²) in [6.45, 7) is 3.72. The molecule has 94 valence electrons. The van der Waals surface area contributed by atoms with Crippen LogP contribution >= 0.6 is 41.7 Å². The van der Waals surface area contributed by atoms with Crippen LogP contribution in [0.4, 0.5) is 0 Å². The summed E-state index contributed by atoms with van der Waals surface area (Å²) in [5.41, 5.74) is 0.587. The molecule has 6 heteroatoms. The predicted octanol–water partition coefficient (Wildman–Crippen LogP) is 4.46. The van der Waals surface area contributed by atoms with E-state index in [0.29, 0.717) is 11.4 Å². The molecule has 18 heavy (non-hydrogen) atoms. The number of rotatable bonds is 4. The first kappa shape index (κ1) is 13.7. The molecule has 0 fully saturated rings. The second-order valence-corrected chi connectivity index (χ2v) is 6.27. The largest absolute Gasteiger partial charge is 0.406 e. The Morgan fingerprint density at radius 3 is 2.94 bits per heavy atom. The standard InChI is InChI=1S/C12H10INO2S2/c1-8(14(2)18-13)16-12(15)10-7-17-11-6-4-3-5-9(10)11/h3-7H,1H2,2H3. The average molecular weight is 391 g/mol. The molecule has 2 aromatic rings. The quantitative estimate of drug-likeness (QED) is 0.333. The Morgan fingerprint density at radius 1 is 1.50 bits per heavy atom. The molecule has 0 bridgehead atoms. The Morgan fingerprint density at radius 2 is 2.22 bits per heavy atom. The molecule has 0 aliphatic carbocycles. The van der Waals surface area contributed by atoms with Crippen molar-refractivity contribution in [3.63, 3.8) is 0 Å². The van der Waals surface area contributed by atoms with Crippen molar-refractivity contribution in [2.75, 3.05) is 7.05 Å².